The molecule has 2 nitrogen and oxygen atoms in total. The Morgan fingerprint density at radius 3 is 1.89 bits per heavy atom. The number of carbonyl (C=O) groups excluding carboxylic acids is 1. The van der Waals surface area contributed by atoms with Crippen LogP contribution in [-0.2, 0) is 4.79 Å². The fourth-order valence-electron chi connectivity index (χ4n) is 2.06. The van der Waals surface area contributed by atoms with E-state index < -0.39 is 0 Å². The van der Waals surface area contributed by atoms with Gasteiger partial charge in [-0.3, -0.25) is 4.79 Å². The van der Waals surface area contributed by atoms with Crippen molar-refractivity contribution in [2.45, 2.75) is 78.1 Å². The Hall–Kier alpha value is -0.0600. The maximum Gasteiger partial charge on any atom is 0.244 e. The summed E-state index contributed by atoms with van der Waals surface area (Å²) in [5, 5.41) is 2.92. The molecule has 0 bridgehead atoms. The van der Waals surface area contributed by atoms with Crippen LogP contribution in [-0.4, -0.2) is 12.5 Å². The number of rotatable bonds is 12. The number of amides is 1. The quantitative estimate of drug-likeness (QED) is 0.276. The van der Waals surface area contributed by atoms with Crippen molar-refractivity contribution in [2.75, 3.05) is 6.54 Å². The SMILES string of the molecule is CCCCCCCCCCCCNC(=O)C=C(C)I. The first-order chi connectivity index (χ1) is 9.16. The normalized spacial score (nSPS) is 11.6. The molecule has 0 aromatic heterocycles. The molecule has 0 atom stereocenters. The highest BCUT2D eigenvalue weighted by atomic mass is 127. The van der Waals surface area contributed by atoms with Crippen molar-refractivity contribution < 1.29 is 4.79 Å². The molecule has 0 aliphatic rings. The minimum atomic E-state index is 0.0443. The second-order valence-electron chi connectivity index (χ2n) is 5.20. The molecule has 0 aromatic carbocycles. The van der Waals surface area contributed by atoms with Gasteiger partial charge in [-0.15, -0.1) is 0 Å². The third kappa shape index (κ3) is 15.9. The van der Waals surface area contributed by atoms with Crippen LogP contribution in [0.15, 0.2) is 9.66 Å². The molecule has 0 saturated carbocycles. The van der Waals surface area contributed by atoms with Gasteiger partial charge in [-0.05, 0) is 39.5 Å². The minimum absolute atomic E-state index is 0.0443. The summed E-state index contributed by atoms with van der Waals surface area (Å²) in [5.41, 5.74) is 0. The molecule has 3 heteroatoms. The lowest BCUT2D eigenvalue weighted by Gasteiger charge is -2.03. The van der Waals surface area contributed by atoms with Crippen molar-refractivity contribution in [3.63, 3.8) is 0 Å². The van der Waals surface area contributed by atoms with E-state index in [-0.39, 0.29) is 5.91 Å². The van der Waals surface area contributed by atoms with Crippen LogP contribution in [0.5, 0.6) is 0 Å². The van der Waals surface area contributed by atoms with Crippen LogP contribution in [0, 0.1) is 0 Å². The molecule has 19 heavy (non-hydrogen) atoms. The van der Waals surface area contributed by atoms with Crippen molar-refractivity contribution in [3.05, 3.63) is 9.66 Å². The summed E-state index contributed by atoms with van der Waals surface area (Å²) in [4.78, 5) is 11.3. The Balaban J connectivity index is 3.15. The van der Waals surface area contributed by atoms with Gasteiger partial charge in [0, 0.05) is 12.6 Å². The molecule has 0 unspecified atom stereocenters. The van der Waals surface area contributed by atoms with E-state index in [9.17, 15) is 4.79 Å². The molecule has 0 fully saturated rings. The van der Waals surface area contributed by atoms with Gasteiger partial charge in [-0.2, -0.15) is 0 Å². The third-order valence-electron chi connectivity index (χ3n) is 3.16. The van der Waals surface area contributed by atoms with Gasteiger partial charge >= 0.3 is 0 Å². The van der Waals surface area contributed by atoms with Crippen LogP contribution >= 0.6 is 22.6 Å². The minimum Gasteiger partial charge on any atom is -0.353 e. The van der Waals surface area contributed by atoms with Crippen LogP contribution < -0.4 is 5.32 Å². The summed E-state index contributed by atoms with van der Waals surface area (Å²) in [7, 11) is 0. The molecule has 0 heterocycles. The fourth-order valence-corrected chi connectivity index (χ4v) is 2.34. The summed E-state index contributed by atoms with van der Waals surface area (Å²) < 4.78 is 1.03. The molecule has 0 spiro atoms. The molecule has 0 rings (SSSR count). The number of allylic oxidation sites excluding steroid dienone is 1. The van der Waals surface area contributed by atoms with Crippen molar-refractivity contribution in [2.24, 2.45) is 0 Å². The van der Waals surface area contributed by atoms with Crippen molar-refractivity contribution in [1.29, 1.82) is 0 Å². The van der Waals surface area contributed by atoms with Crippen LogP contribution in [0.2, 0.25) is 0 Å². The molecule has 112 valence electrons. The molecular formula is C16H30INO. The number of halogens is 1. The molecule has 0 saturated heterocycles. The lowest BCUT2D eigenvalue weighted by Crippen LogP contribution is -2.22. The number of nitrogens with one attached hydrogen (secondary N) is 1. The second kappa shape index (κ2) is 14.4. The maximum atomic E-state index is 11.3. The van der Waals surface area contributed by atoms with E-state index in [2.05, 4.69) is 34.8 Å². The Kier molecular flexibility index (Phi) is 14.3. The smallest absolute Gasteiger partial charge is 0.244 e. The zero-order valence-corrected chi connectivity index (χ0v) is 14.8. The number of hydrogen-bond acceptors (Lipinski definition) is 1. The van der Waals surface area contributed by atoms with Crippen LogP contribution in [0.4, 0.5) is 0 Å². The highest BCUT2D eigenvalue weighted by Crippen LogP contribution is 2.10. The van der Waals surface area contributed by atoms with Gasteiger partial charge in [0.1, 0.15) is 0 Å². The predicted octanol–water partition coefficient (Wildman–Crippen LogP) is 5.36. The van der Waals surface area contributed by atoms with Gasteiger partial charge in [-0.1, -0.05) is 64.7 Å². The zero-order valence-electron chi connectivity index (χ0n) is 12.6. The van der Waals surface area contributed by atoms with E-state index >= 15 is 0 Å². The summed E-state index contributed by atoms with van der Waals surface area (Å²) in [6.45, 7) is 5.01. The number of unbranched alkanes of at least 4 members (excludes halogenated alkanes) is 9. The van der Waals surface area contributed by atoms with Crippen molar-refractivity contribution in [1.82, 2.24) is 5.32 Å². The lowest BCUT2D eigenvalue weighted by atomic mass is 10.1. The third-order valence-corrected chi connectivity index (χ3v) is 3.47. The molecule has 0 radical (unpaired) electrons. The van der Waals surface area contributed by atoms with E-state index in [0.29, 0.717) is 0 Å². The van der Waals surface area contributed by atoms with Crippen molar-refractivity contribution >= 4 is 28.5 Å². The molecular weight excluding hydrogens is 349 g/mol. The standard InChI is InChI=1S/C16H30INO/c1-3-4-5-6-7-8-9-10-11-12-13-18-16(19)14-15(2)17/h14H,3-13H2,1-2H3,(H,18,19). The fraction of sp³-hybridized carbons (Fsp3) is 0.812. The molecule has 0 aliphatic carbocycles. The van der Waals surface area contributed by atoms with Gasteiger partial charge in [0.2, 0.25) is 5.91 Å². The van der Waals surface area contributed by atoms with Gasteiger partial charge in [0.15, 0.2) is 0 Å². The first-order valence-corrected chi connectivity index (χ1v) is 8.86. The molecule has 1 amide bonds. The van der Waals surface area contributed by atoms with E-state index in [1.54, 1.807) is 6.08 Å². The zero-order chi connectivity index (χ0) is 14.3. The van der Waals surface area contributed by atoms with E-state index in [1.807, 2.05) is 6.92 Å². The monoisotopic (exact) mass is 379 g/mol. The van der Waals surface area contributed by atoms with Gasteiger partial charge < -0.3 is 5.32 Å². The highest BCUT2D eigenvalue weighted by molar-refractivity contribution is 14.1. The Morgan fingerprint density at radius 2 is 1.42 bits per heavy atom. The Morgan fingerprint density at radius 1 is 0.947 bits per heavy atom. The highest BCUT2D eigenvalue weighted by Gasteiger charge is 1.96. The summed E-state index contributed by atoms with van der Waals surface area (Å²) in [6, 6.07) is 0. The Labute approximate surface area is 132 Å². The molecule has 0 aromatic rings. The summed E-state index contributed by atoms with van der Waals surface area (Å²) in [6.07, 6.45) is 15.0. The van der Waals surface area contributed by atoms with Crippen LogP contribution in [0.3, 0.4) is 0 Å². The van der Waals surface area contributed by atoms with Gasteiger partial charge in [0.25, 0.3) is 0 Å². The van der Waals surface area contributed by atoms with Gasteiger partial charge in [-0.25, -0.2) is 0 Å². The Bertz CT molecular complexity index is 247. The van der Waals surface area contributed by atoms with E-state index in [0.717, 1.165) is 16.5 Å². The maximum absolute atomic E-state index is 11.3. The first-order valence-electron chi connectivity index (χ1n) is 7.78. The summed E-state index contributed by atoms with van der Waals surface area (Å²) in [5.74, 6) is 0.0443. The second-order valence-corrected chi connectivity index (χ2v) is 6.91. The average Bonchev–Trinajstić information content (AvgIpc) is 2.35. The van der Waals surface area contributed by atoms with Crippen LogP contribution in [0.1, 0.15) is 78.1 Å². The van der Waals surface area contributed by atoms with E-state index in [4.69, 9.17) is 0 Å². The van der Waals surface area contributed by atoms with Gasteiger partial charge in [0.05, 0.1) is 0 Å². The summed E-state index contributed by atoms with van der Waals surface area (Å²) >= 11 is 2.15. The van der Waals surface area contributed by atoms with E-state index in [1.165, 1.54) is 57.8 Å². The molecule has 0 aliphatic heterocycles. The number of hydrogen-bond donors (Lipinski definition) is 1. The largest absolute Gasteiger partial charge is 0.353 e. The average molecular weight is 379 g/mol. The lowest BCUT2D eigenvalue weighted by molar-refractivity contribution is -0.116. The number of carbonyl (C=O) groups is 1. The van der Waals surface area contributed by atoms with Crippen LogP contribution in [0.25, 0.3) is 0 Å². The molecule has 1 N–H and O–H groups in total. The predicted molar refractivity (Wildman–Crippen MR) is 92.6 cm³/mol. The first kappa shape index (κ1) is 18.9. The van der Waals surface area contributed by atoms with Crippen molar-refractivity contribution in [3.8, 4) is 0 Å². The topological polar surface area (TPSA) is 29.1 Å².